The van der Waals surface area contributed by atoms with Gasteiger partial charge in [0.15, 0.2) is 11.5 Å². The molecule has 1 amide bonds. The van der Waals surface area contributed by atoms with E-state index in [2.05, 4.69) is 10.3 Å². The van der Waals surface area contributed by atoms with Crippen LogP contribution in [0.5, 0.6) is 11.5 Å². The predicted octanol–water partition coefficient (Wildman–Crippen LogP) is 2.00. The van der Waals surface area contributed by atoms with Crippen molar-refractivity contribution in [2.24, 2.45) is 0 Å². The first-order valence-corrected chi connectivity index (χ1v) is 7.10. The van der Waals surface area contributed by atoms with E-state index in [4.69, 9.17) is 9.47 Å². The van der Waals surface area contributed by atoms with Crippen molar-refractivity contribution in [2.45, 2.75) is 12.8 Å². The van der Waals surface area contributed by atoms with Crippen LogP contribution in [0.1, 0.15) is 11.3 Å². The Bertz CT molecular complexity index is 615. The number of rotatable bonds is 7. The van der Waals surface area contributed by atoms with Gasteiger partial charge in [-0.25, -0.2) is 0 Å². The number of carbonyl (C=O) groups excluding carboxylic acids is 1. The van der Waals surface area contributed by atoms with Crippen molar-refractivity contribution >= 4 is 5.91 Å². The fourth-order valence-electron chi connectivity index (χ4n) is 2.11. The zero-order chi connectivity index (χ0) is 15.8. The Hall–Kier alpha value is -2.56. The van der Waals surface area contributed by atoms with Crippen molar-refractivity contribution in [3.63, 3.8) is 0 Å². The van der Waals surface area contributed by atoms with Gasteiger partial charge in [-0.1, -0.05) is 12.1 Å². The zero-order valence-corrected chi connectivity index (χ0v) is 12.8. The summed E-state index contributed by atoms with van der Waals surface area (Å²) in [6, 6.07) is 11.3. The third-order valence-corrected chi connectivity index (χ3v) is 3.25. The molecule has 1 N–H and O–H groups in total. The van der Waals surface area contributed by atoms with Crippen LogP contribution in [-0.2, 0) is 17.6 Å². The Kier molecular flexibility index (Phi) is 5.77. The summed E-state index contributed by atoms with van der Waals surface area (Å²) in [5, 5.41) is 2.89. The summed E-state index contributed by atoms with van der Waals surface area (Å²) in [4.78, 5) is 16.0. The number of hydrogen-bond donors (Lipinski definition) is 1. The van der Waals surface area contributed by atoms with Gasteiger partial charge in [0.1, 0.15) is 0 Å². The molecule has 0 fully saturated rings. The molecule has 5 heteroatoms. The third kappa shape index (κ3) is 4.48. The predicted molar refractivity (Wildman–Crippen MR) is 84.2 cm³/mol. The Morgan fingerprint density at radius 2 is 1.95 bits per heavy atom. The molecule has 0 radical (unpaired) electrons. The summed E-state index contributed by atoms with van der Waals surface area (Å²) in [7, 11) is 3.21. The van der Waals surface area contributed by atoms with Crippen molar-refractivity contribution in [1.29, 1.82) is 0 Å². The summed E-state index contributed by atoms with van der Waals surface area (Å²) < 4.78 is 10.5. The number of carbonyl (C=O) groups is 1. The van der Waals surface area contributed by atoms with E-state index in [0.29, 0.717) is 24.5 Å². The van der Waals surface area contributed by atoms with E-state index in [1.165, 1.54) is 0 Å². The topological polar surface area (TPSA) is 60.5 Å². The highest BCUT2D eigenvalue weighted by molar-refractivity contribution is 5.78. The molecule has 116 valence electrons. The third-order valence-electron chi connectivity index (χ3n) is 3.25. The first-order chi connectivity index (χ1) is 10.7. The van der Waals surface area contributed by atoms with Gasteiger partial charge in [0.2, 0.25) is 5.91 Å². The molecule has 0 aliphatic heterocycles. The number of pyridine rings is 1. The maximum Gasteiger partial charge on any atom is 0.226 e. The van der Waals surface area contributed by atoms with Gasteiger partial charge in [-0.05, 0) is 36.2 Å². The fraction of sp³-hybridized carbons (Fsp3) is 0.294. The van der Waals surface area contributed by atoms with Crippen LogP contribution in [-0.4, -0.2) is 31.7 Å². The van der Waals surface area contributed by atoms with E-state index in [1.807, 2.05) is 36.4 Å². The highest BCUT2D eigenvalue weighted by Crippen LogP contribution is 2.27. The maximum absolute atomic E-state index is 11.8. The van der Waals surface area contributed by atoms with Gasteiger partial charge in [0.05, 0.1) is 20.6 Å². The fourth-order valence-corrected chi connectivity index (χ4v) is 2.11. The van der Waals surface area contributed by atoms with Crippen LogP contribution in [0, 0.1) is 0 Å². The first kappa shape index (κ1) is 15.8. The van der Waals surface area contributed by atoms with Gasteiger partial charge in [0, 0.05) is 18.4 Å². The quantitative estimate of drug-likeness (QED) is 0.849. The molecule has 2 aromatic rings. The van der Waals surface area contributed by atoms with Crippen molar-refractivity contribution in [3.05, 3.63) is 53.9 Å². The standard InChI is InChI=1S/C17H20N2O3/c1-21-15-7-6-13(11-16(15)22-2)8-10-19-17(20)12-14-5-3-4-9-18-14/h3-7,9,11H,8,10,12H2,1-2H3,(H,19,20). The molecular weight excluding hydrogens is 280 g/mol. The van der Waals surface area contributed by atoms with Crippen molar-refractivity contribution < 1.29 is 14.3 Å². The van der Waals surface area contributed by atoms with Gasteiger partial charge in [-0.2, -0.15) is 0 Å². The normalized spacial score (nSPS) is 10.1. The molecule has 0 saturated heterocycles. The van der Waals surface area contributed by atoms with Crippen molar-refractivity contribution in [2.75, 3.05) is 20.8 Å². The van der Waals surface area contributed by atoms with E-state index in [0.717, 1.165) is 17.7 Å². The second-order valence-electron chi connectivity index (χ2n) is 4.79. The molecule has 0 aliphatic rings. The number of hydrogen-bond acceptors (Lipinski definition) is 4. The average Bonchev–Trinajstić information content (AvgIpc) is 2.55. The molecule has 0 atom stereocenters. The van der Waals surface area contributed by atoms with E-state index in [-0.39, 0.29) is 5.91 Å². The summed E-state index contributed by atoms with van der Waals surface area (Å²) in [5.41, 5.74) is 1.85. The molecule has 1 aromatic carbocycles. The van der Waals surface area contributed by atoms with E-state index in [9.17, 15) is 4.79 Å². The lowest BCUT2D eigenvalue weighted by atomic mass is 10.1. The molecule has 0 unspecified atom stereocenters. The minimum Gasteiger partial charge on any atom is -0.493 e. The van der Waals surface area contributed by atoms with Crippen LogP contribution in [0.4, 0.5) is 0 Å². The Balaban J connectivity index is 1.82. The van der Waals surface area contributed by atoms with Crippen molar-refractivity contribution in [1.82, 2.24) is 10.3 Å². The van der Waals surface area contributed by atoms with Crippen LogP contribution in [0.3, 0.4) is 0 Å². The van der Waals surface area contributed by atoms with Crippen LogP contribution in [0.25, 0.3) is 0 Å². The number of nitrogens with zero attached hydrogens (tertiary/aromatic N) is 1. The van der Waals surface area contributed by atoms with Gasteiger partial charge < -0.3 is 14.8 Å². The average molecular weight is 300 g/mol. The summed E-state index contributed by atoms with van der Waals surface area (Å²) in [6.45, 7) is 0.571. The Labute approximate surface area is 130 Å². The summed E-state index contributed by atoms with van der Waals surface area (Å²) in [5.74, 6) is 1.37. The molecule has 1 heterocycles. The molecule has 2 rings (SSSR count). The molecule has 22 heavy (non-hydrogen) atoms. The SMILES string of the molecule is COc1ccc(CCNC(=O)Cc2ccccn2)cc1OC. The Morgan fingerprint density at radius 1 is 1.14 bits per heavy atom. The highest BCUT2D eigenvalue weighted by Gasteiger charge is 2.06. The van der Waals surface area contributed by atoms with Crippen LogP contribution in [0.2, 0.25) is 0 Å². The lowest BCUT2D eigenvalue weighted by Gasteiger charge is -2.10. The van der Waals surface area contributed by atoms with E-state index < -0.39 is 0 Å². The van der Waals surface area contributed by atoms with E-state index in [1.54, 1.807) is 20.4 Å². The molecule has 0 bridgehead atoms. The summed E-state index contributed by atoms with van der Waals surface area (Å²) >= 11 is 0. The maximum atomic E-state index is 11.8. The number of ether oxygens (including phenoxy) is 2. The zero-order valence-electron chi connectivity index (χ0n) is 12.8. The van der Waals surface area contributed by atoms with Gasteiger partial charge in [0.25, 0.3) is 0 Å². The van der Waals surface area contributed by atoms with Gasteiger partial charge >= 0.3 is 0 Å². The van der Waals surface area contributed by atoms with Crippen molar-refractivity contribution in [3.8, 4) is 11.5 Å². The molecule has 1 aromatic heterocycles. The lowest BCUT2D eigenvalue weighted by Crippen LogP contribution is -2.27. The van der Waals surface area contributed by atoms with Gasteiger partial charge in [-0.15, -0.1) is 0 Å². The minimum atomic E-state index is -0.0285. The number of benzene rings is 1. The molecule has 5 nitrogen and oxygen atoms in total. The summed E-state index contributed by atoms with van der Waals surface area (Å²) in [6.07, 6.45) is 2.72. The molecule has 0 spiro atoms. The number of aromatic nitrogens is 1. The molecular formula is C17H20N2O3. The second kappa shape index (κ2) is 8.02. The molecule has 0 aliphatic carbocycles. The van der Waals surface area contributed by atoms with Crippen LogP contribution < -0.4 is 14.8 Å². The number of nitrogens with one attached hydrogen (secondary N) is 1. The van der Waals surface area contributed by atoms with E-state index >= 15 is 0 Å². The monoisotopic (exact) mass is 300 g/mol. The van der Waals surface area contributed by atoms with Crippen LogP contribution in [0.15, 0.2) is 42.6 Å². The smallest absolute Gasteiger partial charge is 0.226 e. The highest BCUT2D eigenvalue weighted by atomic mass is 16.5. The largest absolute Gasteiger partial charge is 0.493 e. The minimum absolute atomic E-state index is 0.0285. The molecule has 0 saturated carbocycles. The van der Waals surface area contributed by atoms with Gasteiger partial charge in [-0.3, -0.25) is 9.78 Å². The second-order valence-corrected chi connectivity index (χ2v) is 4.79. The first-order valence-electron chi connectivity index (χ1n) is 7.10. The van der Waals surface area contributed by atoms with Crippen LogP contribution >= 0.6 is 0 Å². The lowest BCUT2D eigenvalue weighted by molar-refractivity contribution is -0.120. The number of amides is 1. The Morgan fingerprint density at radius 3 is 2.64 bits per heavy atom. The number of methoxy groups -OCH3 is 2.